The first-order valence-corrected chi connectivity index (χ1v) is 7.64. The minimum atomic E-state index is -0.839. The van der Waals surface area contributed by atoms with Gasteiger partial charge in [-0.15, -0.1) is 0 Å². The maximum atomic E-state index is 12.3. The number of rotatable bonds is 7. The first-order valence-electron chi connectivity index (χ1n) is 7.64. The number of nitrogens with zero attached hydrogens (tertiary/aromatic N) is 3. The van der Waals surface area contributed by atoms with Gasteiger partial charge in [0.25, 0.3) is 0 Å². The van der Waals surface area contributed by atoms with E-state index in [4.69, 9.17) is 10.3 Å². The van der Waals surface area contributed by atoms with Gasteiger partial charge >= 0.3 is 6.09 Å². The first-order chi connectivity index (χ1) is 11.3. The predicted octanol–water partition coefficient (Wildman–Crippen LogP) is 2.90. The fourth-order valence-corrected chi connectivity index (χ4v) is 1.86. The number of nitrogens with one attached hydrogen (secondary N) is 2. The molecule has 8 nitrogen and oxygen atoms in total. The molecule has 0 aromatic heterocycles. The second-order valence-corrected chi connectivity index (χ2v) is 6.15. The smallest absolute Gasteiger partial charge is 0.408 e. The van der Waals surface area contributed by atoms with Crippen molar-refractivity contribution >= 4 is 12.0 Å². The average Bonchev–Trinajstić information content (AvgIpc) is 2.51. The number of hydrogen-bond acceptors (Lipinski definition) is 4. The summed E-state index contributed by atoms with van der Waals surface area (Å²) in [4.78, 5) is 26.8. The average molecular weight is 333 g/mol. The molecule has 8 heteroatoms. The summed E-state index contributed by atoms with van der Waals surface area (Å²) in [6.07, 6.45) is -0.507. The Kier molecular flexibility index (Phi) is 7.58. The number of carbonyl (C=O) groups excluding carboxylic acids is 2. The maximum Gasteiger partial charge on any atom is 0.408 e. The van der Waals surface area contributed by atoms with Crippen LogP contribution in [0.2, 0.25) is 0 Å². The van der Waals surface area contributed by atoms with Crippen molar-refractivity contribution in [3.63, 3.8) is 0 Å². The van der Waals surface area contributed by atoms with Crippen LogP contribution in [0.25, 0.3) is 10.4 Å². The van der Waals surface area contributed by atoms with E-state index >= 15 is 0 Å². The van der Waals surface area contributed by atoms with Crippen molar-refractivity contribution < 1.29 is 14.3 Å². The van der Waals surface area contributed by atoms with Gasteiger partial charge in [-0.05, 0) is 38.3 Å². The Morgan fingerprint density at radius 3 is 2.54 bits per heavy atom. The van der Waals surface area contributed by atoms with Crippen LogP contribution in [0.5, 0.6) is 0 Å². The molecular formula is C16H23N5O3. The van der Waals surface area contributed by atoms with E-state index in [-0.39, 0.29) is 18.9 Å². The van der Waals surface area contributed by atoms with Crippen molar-refractivity contribution in [2.24, 2.45) is 5.11 Å². The highest BCUT2D eigenvalue weighted by Gasteiger charge is 2.23. The van der Waals surface area contributed by atoms with Crippen molar-refractivity contribution in [1.29, 1.82) is 0 Å². The molecule has 130 valence electrons. The third-order valence-corrected chi connectivity index (χ3v) is 2.90. The van der Waals surface area contributed by atoms with Gasteiger partial charge in [-0.3, -0.25) is 4.79 Å². The fraction of sp³-hybridized carbons (Fsp3) is 0.500. The zero-order valence-electron chi connectivity index (χ0n) is 14.2. The quantitative estimate of drug-likeness (QED) is 0.454. The molecule has 0 saturated heterocycles. The molecule has 1 atom stereocenters. The van der Waals surface area contributed by atoms with E-state index < -0.39 is 17.7 Å². The van der Waals surface area contributed by atoms with Crippen LogP contribution in [-0.4, -0.2) is 30.2 Å². The summed E-state index contributed by atoms with van der Waals surface area (Å²) in [5.74, 6) is -0.363. The SMILES string of the molecule is CC(C)(C)OC(=O)N[C@@H](CCN=[N+]=[N-])C(=O)NCc1ccccc1. The van der Waals surface area contributed by atoms with Crippen LogP contribution in [0.15, 0.2) is 35.4 Å². The zero-order valence-corrected chi connectivity index (χ0v) is 14.2. The van der Waals surface area contributed by atoms with E-state index in [1.807, 2.05) is 30.3 Å². The number of alkyl carbamates (subject to hydrolysis) is 1. The molecule has 1 rings (SSSR count). The molecule has 0 saturated carbocycles. The van der Waals surface area contributed by atoms with E-state index in [2.05, 4.69) is 20.7 Å². The normalized spacial score (nSPS) is 11.8. The molecule has 0 spiro atoms. The van der Waals surface area contributed by atoms with E-state index in [0.717, 1.165) is 5.56 Å². The van der Waals surface area contributed by atoms with E-state index in [9.17, 15) is 9.59 Å². The Bertz CT molecular complexity index is 591. The molecule has 0 unspecified atom stereocenters. The second-order valence-electron chi connectivity index (χ2n) is 6.15. The highest BCUT2D eigenvalue weighted by molar-refractivity contribution is 5.85. The molecule has 2 amide bonds. The van der Waals surface area contributed by atoms with Gasteiger partial charge in [-0.2, -0.15) is 0 Å². The Morgan fingerprint density at radius 2 is 1.96 bits per heavy atom. The fourth-order valence-electron chi connectivity index (χ4n) is 1.86. The lowest BCUT2D eigenvalue weighted by Gasteiger charge is -2.23. The highest BCUT2D eigenvalue weighted by atomic mass is 16.6. The summed E-state index contributed by atoms with van der Waals surface area (Å²) in [7, 11) is 0. The lowest BCUT2D eigenvalue weighted by molar-refractivity contribution is -0.123. The van der Waals surface area contributed by atoms with Gasteiger partial charge in [-0.1, -0.05) is 35.4 Å². The molecule has 0 aliphatic carbocycles. The summed E-state index contributed by atoms with van der Waals surface area (Å²) in [5, 5.41) is 8.66. The lowest BCUT2D eigenvalue weighted by atomic mass is 10.1. The van der Waals surface area contributed by atoms with Crippen LogP contribution in [0.1, 0.15) is 32.8 Å². The van der Waals surface area contributed by atoms with Crippen LogP contribution in [0.4, 0.5) is 4.79 Å². The number of benzene rings is 1. The number of azide groups is 1. The minimum Gasteiger partial charge on any atom is -0.444 e. The number of amides is 2. The lowest BCUT2D eigenvalue weighted by Crippen LogP contribution is -2.48. The van der Waals surface area contributed by atoms with E-state index in [1.54, 1.807) is 20.8 Å². The molecule has 24 heavy (non-hydrogen) atoms. The van der Waals surface area contributed by atoms with Crippen molar-refractivity contribution in [2.45, 2.75) is 45.4 Å². The zero-order chi connectivity index (χ0) is 18.0. The maximum absolute atomic E-state index is 12.3. The summed E-state index contributed by atoms with van der Waals surface area (Å²) in [6, 6.07) is 8.57. The summed E-state index contributed by atoms with van der Waals surface area (Å²) >= 11 is 0. The van der Waals surface area contributed by atoms with Crippen molar-refractivity contribution in [2.75, 3.05) is 6.54 Å². The van der Waals surface area contributed by atoms with Crippen molar-refractivity contribution in [3.05, 3.63) is 46.3 Å². The summed E-state index contributed by atoms with van der Waals surface area (Å²) < 4.78 is 5.15. The van der Waals surface area contributed by atoms with Gasteiger partial charge in [-0.25, -0.2) is 4.79 Å². The molecule has 0 radical (unpaired) electrons. The van der Waals surface area contributed by atoms with Crippen molar-refractivity contribution in [3.8, 4) is 0 Å². The molecule has 0 fully saturated rings. The summed E-state index contributed by atoms with van der Waals surface area (Å²) in [5.41, 5.74) is 8.63. The molecule has 0 aliphatic heterocycles. The number of carbonyl (C=O) groups is 2. The van der Waals surface area contributed by atoms with E-state index in [0.29, 0.717) is 6.54 Å². The van der Waals surface area contributed by atoms with Crippen molar-refractivity contribution in [1.82, 2.24) is 10.6 Å². The number of ether oxygens (including phenoxy) is 1. The molecule has 0 bridgehead atoms. The highest BCUT2D eigenvalue weighted by Crippen LogP contribution is 2.07. The Balaban J connectivity index is 2.63. The van der Waals surface area contributed by atoms with Gasteiger partial charge in [0.2, 0.25) is 5.91 Å². The molecule has 1 aromatic carbocycles. The van der Waals surface area contributed by atoms with Crippen LogP contribution in [0, 0.1) is 0 Å². The summed E-state index contributed by atoms with van der Waals surface area (Å²) in [6.45, 7) is 5.63. The van der Waals surface area contributed by atoms with Gasteiger partial charge in [0.1, 0.15) is 11.6 Å². The second kappa shape index (κ2) is 9.42. The van der Waals surface area contributed by atoms with Gasteiger partial charge in [0.15, 0.2) is 0 Å². The Labute approximate surface area is 141 Å². The third kappa shape index (κ3) is 8.05. The standard InChI is InChI=1S/C16H23N5O3/c1-16(2,3)24-15(23)20-13(9-10-19-21-17)14(22)18-11-12-7-5-4-6-8-12/h4-8,13H,9-11H2,1-3H3,(H,18,22)(H,20,23)/t13-/m0/s1. The topological polar surface area (TPSA) is 116 Å². The van der Waals surface area contributed by atoms with E-state index in [1.165, 1.54) is 0 Å². The van der Waals surface area contributed by atoms with Crippen LogP contribution in [0.3, 0.4) is 0 Å². The Hall–Kier alpha value is -2.73. The van der Waals surface area contributed by atoms with Gasteiger partial charge < -0.3 is 15.4 Å². The molecule has 0 aliphatic rings. The van der Waals surface area contributed by atoms with Crippen LogP contribution in [-0.2, 0) is 16.1 Å². The largest absolute Gasteiger partial charge is 0.444 e. The monoisotopic (exact) mass is 333 g/mol. The molecule has 1 aromatic rings. The Morgan fingerprint density at radius 1 is 1.29 bits per heavy atom. The predicted molar refractivity (Wildman–Crippen MR) is 90.1 cm³/mol. The van der Waals surface area contributed by atoms with Crippen LogP contribution < -0.4 is 10.6 Å². The van der Waals surface area contributed by atoms with Gasteiger partial charge in [0.05, 0.1) is 0 Å². The number of hydrogen-bond donors (Lipinski definition) is 2. The van der Waals surface area contributed by atoms with Gasteiger partial charge in [0, 0.05) is 18.0 Å². The van der Waals surface area contributed by atoms with Crippen LogP contribution >= 0.6 is 0 Å². The molecule has 0 heterocycles. The third-order valence-electron chi connectivity index (χ3n) is 2.90. The molecule has 2 N–H and O–H groups in total. The first kappa shape index (κ1) is 19.3. The minimum absolute atomic E-state index is 0.0930. The molecular weight excluding hydrogens is 310 g/mol.